The fourth-order valence-electron chi connectivity index (χ4n) is 2.31. The van der Waals surface area contributed by atoms with Crippen molar-refractivity contribution in [3.8, 4) is 0 Å². The Hall–Kier alpha value is -0.339. The predicted molar refractivity (Wildman–Crippen MR) is 116 cm³/mol. The lowest BCUT2D eigenvalue weighted by Gasteiger charge is -2.43. The third-order valence-electron chi connectivity index (χ3n) is 2.94. The van der Waals surface area contributed by atoms with Gasteiger partial charge >= 0.3 is 14.5 Å². The van der Waals surface area contributed by atoms with Crippen LogP contribution >= 0.6 is 0 Å². The standard InChI is InChI=1S/C13H34O5Si3.C4H6O2/c1-9-10-16-13(12(15)11-14)21(8,17-19(2,3)4)18-20(5,6)7;1-3(2)4(5)6/h12-15H,9-11H2,1-8H3;1H2,2H3,(H,5,6). The molecular formula is C17H40O7Si3. The van der Waals surface area contributed by atoms with Crippen LogP contribution < -0.4 is 0 Å². The zero-order chi connectivity index (χ0) is 22.1. The van der Waals surface area contributed by atoms with Crippen LogP contribution in [0.15, 0.2) is 12.2 Å². The smallest absolute Gasteiger partial charge is 0.347 e. The Balaban J connectivity index is 0. The molecule has 0 aliphatic heterocycles. The van der Waals surface area contributed by atoms with Crippen LogP contribution in [0, 0.1) is 0 Å². The molecule has 0 aromatic heterocycles. The van der Waals surface area contributed by atoms with Crippen molar-refractivity contribution in [3.63, 3.8) is 0 Å². The van der Waals surface area contributed by atoms with Gasteiger partial charge in [0.2, 0.25) is 0 Å². The molecule has 0 spiro atoms. The van der Waals surface area contributed by atoms with Crippen LogP contribution in [0.3, 0.4) is 0 Å². The lowest BCUT2D eigenvalue weighted by atomic mass is 10.4. The van der Waals surface area contributed by atoms with E-state index in [1.165, 1.54) is 6.92 Å². The number of aliphatic hydroxyl groups is 2. The summed E-state index contributed by atoms with van der Waals surface area (Å²) in [5.74, 6) is -0.935. The molecule has 0 rings (SSSR count). The van der Waals surface area contributed by atoms with E-state index in [0.29, 0.717) is 6.61 Å². The van der Waals surface area contributed by atoms with Crippen molar-refractivity contribution in [2.75, 3.05) is 13.2 Å². The summed E-state index contributed by atoms with van der Waals surface area (Å²) in [7, 11) is -6.51. The number of carboxylic acids is 1. The highest BCUT2D eigenvalue weighted by atomic mass is 28.5. The predicted octanol–water partition coefficient (Wildman–Crippen LogP) is 3.10. The largest absolute Gasteiger partial charge is 0.478 e. The van der Waals surface area contributed by atoms with Gasteiger partial charge in [0, 0.05) is 12.2 Å². The molecule has 0 aromatic rings. The maximum Gasteiger partial charge on any atom is 0.347 e. The summed E-state index contributed by atoms with van der Waals surface area (Å²) >= 11 is 0. The monoisotopic (exact) mass is 440 g/mol. The van der Waals surface area contributed by atoms with Gasteiger partial charge in [-0.25, -0.2) is 4.79 Å². The van der Waals surface area contributed by atoms with Crippen LogP contribution in [0.5, 0.6) is 0 Å². The minimum atomic E-state index is -2.78. The molecule has 2 atom stereocenters. The van der Waals surface area contributed by atoms with Crippen LogP contribution in [-0.2, 0) is 17.8 Å². The zero-order valence-corrected chi connectivity index (χ0v) is 21.5. The van der Waals surface area contributed by atoms with E-state index in [9.17, 15) is 15.0 Å². The summed E-state index contributed by atoms with van der Waals surface area (Å²) in [6.45, 7) is 21.4. The lowest BCUT2D eigenvalue weighted by molar-refractivity contribution is -0.132. The van der Waals surface area contributed by atoms with Crippen molar-refractivity contribution >= 4 is 31.2 Å². The van der Waals surface area contributed by atoms with Crippen molar-refractivity contribution in [1.29, 1.82) is 0 Å². The van der Waals surface area contributed by atoms with E-state index in [1.807, 2.05) is 13.5 Å². The van der Waals surface area contributed by atoms with Crippen molar-refractivity contribution in [2.24, 2.45) is 0 Å². The summed E-state index contributed by atoms with van der Waals surface area (Å²) in [6, 6.07) is 0. The number of hydrogen-bond acceptors (Lipinski definition) is 6. The molecule has 0 aliphatic rings. The molecule has 0 aliphatic carbocycles. The van der Waals surface area contributed by atoms with E-state index in [0.717, 1.165) is 6.42 Å². The number of carbonyl (C=O) groups is 1. The average Bonchev–Trinajstić information content (AvgIpc) is 2.43. The molecule has 0 heterocycles. The quantitative estimate of drug-likeness (QED) is 0.335. The second-order valence-corrected chi connectivity index (χ2v) is 21.3. The minimum absolute atomic E-state index is 0.176. The number of rotatable bonds is 11. The average molecular weight is 441 g/mol. The zero-order valence-electron chi connectivity index (χ0n) is 18.5. The number of carboxylic acid groups (broad SMARTS) is 1. The second kappa shape index (κ2) is 12.3. The van der Waals surface area contributed by atoms with Crippen molar-refractivity contribution in [3.05, 3.63) is 12.2 Å². The van der Waals surface area contributed by atoms with E-state index in [1.54, 1.807) is 0 Å². The van der Waals surface area contributed by atoms with E-state index >= 15 is 0 Å². The minimum Gasteiger partial charge on any atom is -0.478 e. The van der Waals surface area contributed by atoms with Gasteiger partial charge in [0.05, 0.1) is 6.61 Å². The molecule has 0 aromatic carbocycles. The van der Waals surface area contributed by atoms with Crippen LogP contribution in [-0.4, -0.2) is 71.5 Å². The molecule has 0 bridgehead atoms. The fraction of sp³-hybridized carbons (Fsp3) is 0.824. The molecule has 0 amide bonds. The van der Waals surface area contributed by atoms with Gasteiger partial charge in [-0.05, 0) is 59.2 Å². The number of ether oxygens (including phenoxy) is 1. The lowest BCUT2D eigenvalue weighted by Crippen LogP contribution is -2.64. The van der Waals surface area contributed by atoms with Gasteiger partial charge in [-0.3, -0.25) is 0 Å². The molecular weight excluding hydrogens is 400 g/mol. The van der Waals surface area contributed by atoms with Crippen molar-refractivity contribution in [1.82, 2.24) is 0 Å². The first-order valence-electron chi connectivity index (χ1n) is 9.18. The highest BCUT2D eigenvalue weighted by Crippen LogP contribution is 2.27. The Labute approximate surface area is 167 Å². The Kier molecular flexibility index (Phi) is 13.1. The van der Waals surface area contributed by atoms with Crippen molar-refractivity contribution in [2.45, 2.75) is 77.9 Å². The summed E-state index contributed by atoms with van der Waals surface area (Å²) < 4.78 is 18.6. The van der Waals surface area contributed by atoms with E-state index in [2.05, 4.69) is 45.9 Å². The fourth-order valence-corrected chi connectivity index (χ4v) is 14.7. The van der Waals surface area contributed by atoms with Crippen molar-refractivity contribution < 1.29 is 33.1 Å². The summed E-state index contributed by atoms with van der Waals surface area (Å²) in [5, 5.41) is 27.5. The van der Waals surface area contributed by atoms with E-state index < -0.39 is 43.0 Å². The summed E-state index contributed by atoms with van der Waals surface area (Å²) in [4.78, 5) is 9.60. The van der Waals surface area contributed by atoms with Crippen LogP contribution in [0.25, 0.3) is 0 Å². The van der Waals surface area contributed by atoms with Gasteiger partial charge in [-0.15, -0.1) is 0 Å². The first-order chi connectivity index (χ1) is 12.0. The molecule has 7 nitrogen and oxygen atoms in total. The highest BCUT2D eigenvalue weighted by Gasteiger charge is 2.50. The number of aliphatic carboxylic acids is 1. The Morgan fingerprint density at radius 2 is 1.41 bits per heavy atom. The highest BCUT2D eigenvalue weighted by molar-refractivity contribution is 6.88. The van der Waals surface area contributed by atoms with Gasteiger partial charge in [0.1, 0.15) is 11.8 Å². The maximum atomic E-state index is 10.2. The number of hydrogen-bond donors (Lipinski definition) is 3. The SMILES string of the molecule is C=C(C)C(=O)O.CCCOC(C(O)CO)[Si](C)(O[Si](C)(C)C)O[Si](C)(C)C. The second-order valence-electron chi connectivity index (χ2n) is 8.57. The summed E-state index contributed by atoms with van der Waals surface area (Å²) in [6.07, 6.45) is -0.125. The van der Waals surface area contributed by atoms with E-state index in [-0.39, 0.29) is 12.2 Å². The third-order valence-corrected chi connectivity index (χ3v) is 12.7. The molecule has 0 radical (unpaired) electrons. The molecule has 2 unspecified atom stereocenters. The van der Waals surface area contributed by atoms with Crippen LogP contribution in [0.4, 0.5) is 0 Å². The maximum absolute atomic E-state index is 10.2. The van der Waals surface area contributed by atoms with Gasteiger partial charge in [0.25, 0.3) is 0 Å². The van der Waals surface area contributed by atoms with Crippen LogP contribution in [0.1, 0.15) is 20.3 Å². The Morgan fingerprint density at radius 3 is 1.63 bits per heavy atom. The van der Waals surface area contributed by atoms with Gasteiger partial charge < -0.3 is 28.3 Å². The van der Waals surface area contributed by atoms with Gasteiger partial charge in [-0.2, -0.15) is 0 Å². The molecule has 0 saturated carbocycles. The Bertz CT molecular complexity index is 430. The molecule has 0 fully saturated rings. The van der Waals surface area contributed by atoms with Gasteiger partial charge in [0.15, 0.2) is 16.6 Å². The normalized spacial score (nSPS) is 14.8. The molecule has 10 heteroatoms. The molecule has 3 N–H and O–H groups in total. The Morgan fingerprint density at radius 1 is 1.04 bits per heavy atom. The van der Waals surface area contributed by atoms with E-state index in [4.69, 9.17) is 18.1 Å². The first-order valence-corrected chi connectivity index (χ1v) is 18.4. The molecule has 27 heavy (non-hydrogen) atoms. The topological polar surface area (TPSA) is 105 Å². The number of aliphatic hydroxyl groups excluding tert-OH is 2. The summed E-state index contributed by atoms with van der Waals surface area (Å²) in [5.41, 5.74) is -0.393. The van der Waals surface area contributed by atoms with Gasteiger partial charge in [-0.1, -0.05) is 13.5 Å². The molecule has 0 saturated heterocycles. The molecule has 162 valence electrons. The first kappa shape index (κ1) is 28.9. The third kappa shape index (κ3) is 14.3. The van der Waals surface area contributed by atoms with Crippen LogP contribution in [0.2, 0.25) is 45.8 Å².